The van der Waals surface area contributed by atoms with Crippen molar-refractivity contribution in [2.45, 2.75) is 15.0 Å². The predicted octanol–water partition coefficient (Wildman–Crippen LogP) is 1.75. The summed E-state index contributed by atoms with van der Waals surface area (Å²) < 4.78 is 26.7. The lowest BCUT2D eigenvalue weighted by Crippen LogP contribution is -2.42. The smallest absolute Gasteiger partial charge is 0.252 e. The highest BCUT2D eigenvalue weighted by Crippen LogP contribution is 2.43. The molecule has 1 N–H and O–H groups in total. The quantitative estimate of drug-likeness (QED) is 0.762. The van der Waals surface area contributed by atoms with Gasteiger partial charge in [-0.15, -0.1) is 23.1 Å². The van der Waals surface area contributed by atoms with E-state index in [-0.39, 0.29) is 28.3 Å². The molecule has 1 aliphatic heterocycles. The average Bonchev–Trinajstić information content (AvgIpc) is 3.08. The molecule has 0 atom stereocenters. The lowest BCUT2D eigenvalue weighted by atomic mass is 10.2. The minimum Gasteiger partial charge on any atom is -0.350 e. The molecule has 3 rings (SSSR count). The molecule has 0 radical (unpaired) electrons. The normalized spacial score (nSPS) is 14.3. The van der Waals surface area contributed by atoms with Crippen LogP contribution in [0, 0.1) is 0 Å². The zero-order chi connectivity index (χ0) is 19.6. The van der Waals surface area contributed by atoms with E-state index in [9.17, 15) is 18.0 Å². The summed E-state index contributed by atoms with van der Waals surface area (Å²) >= 11 is 2.42. The summed E-state index contributed by atoms with van der Waals surface area (Å²) in [6.07, 6.45) is 0. The van der Waals surface area contributed by atoms with Crippen LogP contribution in [0.2, 0.25) is 0 Å². The molecule has 0 saturated heterocycles. The Kier molecular flexibility index (Phi) is 5.89. The molecule has 1 aromatic carbocycles. The van der Waals surface area contributed by atoms with E-state index in [4.69, 9.17) is 0 Å². The number of amides is 2. The van der Waals surface area contributed by atoms with Crippen molar-refractivity contribution in [3.8, 4) is 0 Å². The van der Waals surface area contributed by atoms with Gasteiger partial charge in [0.15, 0.2) is 0 Å². The van der Waals surface area contributed by atoms with E-state index in [0.29, 0.717) is 12.2 Å². The lowest BCUT2D eigenvalue weighted by molar-refractivity contribution is -0.123. The van der Waals surface area contributed by atoms with Crippen LogP contribution in [0.5, 0.6) is 0 Å². The maximum absolute atomic E-state index is 12.4. The molecule has 2 heterocycles. The van der Waals surface area contributed by atoms with Gasteiger partial charge in [-0.1, -0.05) is 30.3 Å². The van der Waals surface area contributed by atoms with E-state index < -0.39 is 10.0 Å². The molecule has 7 nitrogen and oxygen atoms in total. The second-order valence-electron chi connectivity index (χ2n) is 6.06. The maximum Gasteiger partial charge on any atom is 0.252 e. The molecule has 0 spiro atoms. The van der Waals surface area contributed by atoms with Gasteiger partial charge in [-0.05, 0) is 11.6 Å². The first-order chi connectivity index (χ1) is 12.8. The Hall–Kier alpha value is -1.88. The maximum atomic E-state index is 12.4. The first-order valence-electron chi connectivity index (χ1n) is 8.09. The van der Waals surface area contributed by atoms with Crippen molar-refractivity contribution in [3.63, 3.8) is 0 Å². The fraction of sp³-hybridized carbons (Fsp3) is 0.294. The van der Waals surface area contributed by atoms with E-state index in [2.05, 4.69) is 5.32 Å². The standard InChI is InChI=1S/C17H19N3O4S3/c1-19(2)27(23,24)16-8-13-17(26-16)25-11-15(22)20(13)10-14(21)18-9-12-6-4-3-5-7-12/h3-8H,9-11H2,1-2H3,(H,18,21). The molecule has 10 heteroatoms. The number of carbonyl (C=O) groups excluding carboxylic acids is 2. The molecular formula is C17H19N3O4S3. The Morgan fingerprint density at radius 1 is 1.26 bits per heavy atom. The third-order valence-corrected chi connectivity index (χ3v) is 8.59. The summed E-state index contributed by atoms with van der Waals surface area (Å²) in [5.74, 6) is -0.330. The number of anilines is 1. The van der Waals surface area contributed by atoms with E-state index in [0.717, 1.165) is 25.4 Å². The molecule has 0 saturated carbocycles. The van der Waals surface area contributed by atoms with Gasteiger partial charge in [-0.25, -0.2) is 12.7 Å². The molecule has 0 bridgehead atoms. The van der Waals surface area contributed by atoms with Crippen molar-refractivity contribution >= 4 is 50.6 Å². The minimum absolute atomic E-state index is 0.141. The van der Waals surface area contributed by atoms with Crippen LogP contribution in [-0.4, -0.2) is 50.9 Å². The molecule has 2 amide bonds. The molecule has 0 unspecified atom stereocenters. The predicted molar refractivity (Wildman–Crippen MR) is 107 cm³/mol. The number of fused-ring (bicyclic) bond motifs is 1. The lowest BCUT2D eigenvalue weighted by Gasteiger charge is -2.25. The third-order valence-electron chi connectivity index (χ3n) is 3.94. The summed E-state index contributed by atoms with van der Waals surface area (Å²) in [5, 5.41) is 2.79. The monoisotopic (exact) mass is 425 g/mol. The Balaban J connectivity index is 1.76. The number of benzene rings is 1. The van der Waals surface area contributed by atoms with Crippen molar-refractivity contribution in [1.82, 2.24) is 9.62 Å². The van der Waals surface area contributed by atoms with Crippen LogP contribution in [0.3, 0.4) is 0 Å². The van der Waals surface area contributed by atoms with Crippen LogP contribution in [0.15, 0.2) is 44.8 Å². The van der Waals surface area contributed by atoms with Crippen molar-refractivity contribution in [2.75, 3.05) is 31.3 Å². The molecule has 1 aliphatic rings. The van der Waals surface area contributed by atoms with Gasteiger partial charge in [0.2, 0.25) is 11.8 Å². The summed E-state index contributed by atoms with van der Waals surface area (Å²) in [6.45, 7) is 0.227. The molecular weight excluding hydrogens is 406 g/mol. The summed E-state index contributed by atoms with van der Waals surface area (Å²) in [5.41, 5.74) is 1.44. The summed E-state index contributed by atoms with van der Waals surface area (Å²) in [4.78, 5) is 26.0. The average molecular weight is 426 g/mol. The summed E-state index contributed by atoms with van der Waals surface area (Å²) in [6, 6.07) is 10.9. The molecule has 0 aliphatic carbocycles. The second-order valence-corrected chi connectivity index (χ2v) is 10.7. The topological polar surface area (TPSA) is 86.8 Å². The van der Waals surface area contributed by atoms with Crippen LogP contribution in [-0.2, 0) is 26.2 Å². The summed E-state index contributed by atoms with van der Waals surface area (Å²) in [7, 11) is -0.668. The number of hydrogen-bond donors (Lipinski definition) is 1. The van der Waals surface area contributed by atoms with E-state index >= 15 is 0 Å². The van der Waals surface area contributed by atoms with Crippen LogP contribution in [0.25, 0.3) is 0 Å². The van der Waals surface area contributed by atoms with Gasteiger partial charge in [0.25, 0.3) is 10.0 Å². The van der Waals surface area contributed by atoms with Crippen LogP contribution >= 0.6 is 23.1 Å². The number of thiophene rings is 1. The Labute approximate surface area is 166 Å². The number of hydrogen-bond acceptors (Lipinski definition) is 6. The van der Waals surface area contributed by atoms with Crippen LogP contribution in [0.1, 0.15) is 5.56 Å². The van der Waals surface area contributed by atoms with Crippen LogP contribution in [0.4, 0.5) is 5.69 Å². The van der Waals surface area contributed by atoms with Gasteiger partial charge in [0, 0.05) is 20.6 Å². The minimum atomic E-state index is -3.59. The highest BCUT2D eigenvalue weighted by Gasteiger charge is 2.32. The van der Waals surface area contributed by atoms with E-state index in [1.54, 1.807) is 0 Å². The first-order valence-corrected chi connectivity index (χ1v) is 11.3. The van der Waals surface area contributed by atoms with Gasteiger partial charge in [-0.3, -0.25) is 9.59 Å². The Morgan fingerprint density at radius 3 is 2.63 bits per heavy atom. The number of sulfonamides is 1. The number of thioether (sulfide) groups is 1. The van der Waals surface area contributed by atoms with E-state index in [1.165, 1.54) is 36.8 Å². The highest BCUT2D eigenvalue weighted by atomic mass is 32.3. The fourth-order valence-corrected chi connectivity index (χ4v) is 6.38. The zero-order valence-corrected chi connectivity index (χ0v) is 17.3. The van der Waals surface area contributed by atoms with Crippen molar-refractivity contribution in [3.05, 3.63) is 42.0 Å². The number of nitrogens with one attached hydrogen (secondary N) is 1. The van der Waals surface area contributed by atoms with Gasteiger partial charge < -0.3 is 10.2 Å². The number of carbonyl (C=O) groups is 2. The first kappa shape index (κ1) is 19.9. The van der Waals surface area contributed by atoms with Crippen molar-refractivity contribution in [2.24, 2.45) is 0 Å². The molecule has 27 heavy (non-hydrogen) atoms. The second kappa shape index (κ2) is 8.01. The Bertz CT molecular complexity index is 955. The number of nitrogens with zero attached hydrogens (tertiary/aromatic N) is 2. The van der Waals surface area contributed by atoms with Crippen LogP contribution < -0.4 is 10.2 Å². The zero-order valence-electron chi connectivity index (χ0n) is 14.8. The SMILES string of the molecule is CN(C)S(=O)(=O)c1cc2c(s1)SCC(=O)N2CC(=O)NCc1ccccc1. The number of rotatable bonds is 6. The van der Waals surface area contributed by atoms with Crippen molar-refractivity contribution in [1.29, 1.82) is 0 Å². The Morgan fingerprint density at radius 2 is 1.96 bits per heavy atom. The van der Waals surface area contributed by atoms with E-state index in [1.807, 2.05) is 30.3 Å². The largest absolute Gasteiger partial charge is 0.350 e. The van der Waals surface area contributed by atoms with Gasteiger partial charge >= 0.3 is 0 Å². The van der Waals surface area contributed by atoms with Gasteiger partial charge in [-0.2, -0.15) is 0 Å². The highest BCUT2D eigenvalue weighted by molar-refractivity contribution is 8.02. The van der Waals surface area contributed by atoms with Gasteiger partial charge in [0.05, 0.1) is 15.6 Å². The fourth-order valence-electron chi connectivity index (χ4n) is 2.45. The molecule has 0 fully saturated rings. The molecule has 2 aromatic rings. The third kappa shape index (κ3) is 4.34. The molecule has 1 aromatic heterocycles. The van der Waals surface area contributed by atoms with Crippen molar-refractivity contribution < 1.29 is 18.0 Å². The molecule has 144 valence electrons. The van der Waals surface area contributed by atoms with Gasteiger partial charge in [0.1, 0.15) is 10.8 Å².